The molecule has 0 amide bonds. The van der Waals surface area contributed by atoms with Crippen LogP contribution in [0, 0.1) is 10.1 Å². The molecule has 4 heteroatoms. The Balaban J connectivity index is 2.12. The van der Waals surface area contributed by atoms with Crippen molar-refractivity contribution < 1.29 is 4.92 Å². The van der Waals surface area contributed by atoms with Crippen LogP contribution in [0.5, 0.6) is 0 Å². The fourth-order valence-corrected chi connectivity index (χ4v) is 3.76. The smallest absolute Gasteiger partial charge is 0.278 e. The summed E-state index contributed by atoms with van der Waals surface area (Å²) in [7, 11) is 0. The summed E-state index contributed by atoms with van der Waals surface area (Å²) in [4.78, 5) is 11.4. The molecule has 0 aliphatic rings. The van der Waals surface area contributed by atoms with Crippen LogP contribution in [0.2, 0.25) is 0 Å². The molecule has 0 N–H and O–H groups in total. The SMILES string of the molecule is CC(C)(C)c1ccccc1-n1c(-c2ccccc2[N+](=O)[O-])cc2ccccc21. The van der Waals surface area contributed by atoms with E-state index >= 15 is 0 Å². The molecule has 0 saturated heterocycles. The summed E-state index contributed by atoms with van der Waals surface area (Å²) < 4.78 is 2.15. The second-order valence-corrected chi connectivity index (χ2v) is 7.97. The van der Waals surface area contributed by atoms with Crippen LogP contribution in [-0.2, 0) is 5.41 Å². The quantitative estimate of drug-likeness (QED) is 0.305. The van der Waals surface area contributed by atoms with E-state index in [1.807, 2.05) is 48.5 Å². The molecule has 0 spiro atoms. The molecule has 4 rings (SSSR count). The van der Waals surface area contributed by atoms with Crippen molar-refractivity contribution in [1.29, 1.82) is 0 Å². The molecule has 4 nitrogen and oxygen atoms in total. The van der Waals surface area contributed by atoms with Gasteiger partial charge in [-0.25, -0.2) is 0 Å². The van der Waals surface area contributed by atoms with Crippen LogP contribution in [0.1, 0.15) is 26.3 Å². The predicted octanol–water partition coefficient (Wildman–Crippen LogP) is 6.50. The van der Waals surface area contributed by atoms with Crippen molar-refractivity contribution in [2.24, 2.45) is 0 Å². The first-order valence-electron chi connectivity index (χ1n) is 9.32. The van der Waals surface area contributed by atoms with E-state index in [1.54, 1.807) is 12.1 Å². The number of hydrogen-bond donors (Lipinski definition) is 0. The van der Waals surface area contributed by atoms with Crippen LogP contribution in [0.25, 0.3) is 27.8 Å². The molecular weight excluding hydrogens is 348 g/mol. The Hall–Kier alpha value is -3.40. The number of para-hydroxylation sites is 3. The van der Waals surface area contributed by atoms with Crippen molar-refractivity contribution in [2.45, 2.75) is 26.2 Å². The maximum atomic E-state index is 11.7. The van der Waals surface area contributed by atoms with Gasteiger partial charge >= 0.3 is 0 Å². The Kier molecular flexibility index (Phi) is 4.27. The Morgan fingerprint density at radius 3 is 2.25 bits per heavy atom. The zero-order chi connectivity index (χ0) is 19.9. The zero-order valence-electron chi connectivity index (χ0n) is 16.2. The first-order valence-corrected chi connectivity index (χ1v) is 9.32. The molecular formula is C24H22N2O2. The lowest BCUT2D eigenvalue weighted by molar-refractivity contribution is -0.384. The number of fused-ring (bicyclic) bond motifs is 1. The first kappa shape index (κ1) is 18.0. The fourth-order valence-electron chi connectivity index (χ4n) is 3.76. The number of nitro benzene ring substituents is 1. The zero-order valence-corrected chi connectivity index (χ0v) is 16.2. The Bertz CT molecular complexity index is 1180. The molecule has 1 heterocycles. The number of nitro groups is 1. The van der Waals surface area contributed by atoms with Crippen molar-refractivity contribution in [1.82, 2.24) is 4.57 Å². The van der Waals surface area contributed by atoms with E-state index in [-0.39, 0.29) is 16.0 Å². The summed E-state index contributed by atoms with van der Waals surface area (Å²) in [6.07, 6.45) is 0. The van der Waals surface area contributed by atoms with Crippen molar-refractivity contribution in [3.8, 4) is 16.9 Å². The van der Waals surface area contributed by atoms with Gasteiger partial charge in [0.05, 0.1) is 21.7 Å². The highest BCUT2D eigenvalue weighted by molar-refractivity contribution is 5.91. The van der Waals surface area contributed by atoms with Gasteiger partial charge in [0, 0.05) is 17.1 Å². The van der Waals surface area contributed by atoms with Crippen LogP contribution in [0.4, 0.5) is 5.69 Å². The molecule has 0 bridgehead atoms. The van der Waals surface area contributed by atoms with Crippen molar-refractivity contribution in [2.75, 3.05) is 0 Å². The molecule has 0 saturated carbocycles. The summed E-state index contributed by atoms with van der Waals surface area (Å²) in [5.41, 5.74) is 4.76. The summed E-state index contributed by atoms with van der Waals surface area (Å²) in [5.74, 6) is 0. The number of aromatic nitrogens is 1. The van der Waals surface area contributed by atoms with Gasteiger partial charge in [-0.05, 0) is 35.2 Å². The van der Waals surface area contributed by atoms with Crippen LogP contribution in [0.15, 0.2) is 78.9 Å². The lowest BCUT2D eigenvalue weighted by atomic mass is 9.85. The Morgan fingerprint density at radius 2 is 1.50 bits per heavy atom. The normalized spacial score (nSPS) is 11.7. The van der Waals surface area contributed by atoms with Gasteiger partial charge in [-0.2, -0.15) is 0 Å². The maximum absolute atomic E-state index is 11.7. The minimum Gasteiger partial charge on any atom is -0.309 e. The molecule has 0 aliphatic carbocycles. The van der Waals surface area contributed by atoms with E-state index in [1.165, 1.54) is 5.56 Å². The molecule has 4 aromatic rings. The van der Waals surface area contributed by atoms with Crippen LogP contribution in [0.3, 0.4) is 0 Å². The minimum atomic E-state index is -0.312. The minimum absolute atomic E-state index is 0.0676. The van der Waals surface area contributed by atoms with E-state index in [0.717, 1.165) is 22.3 Å². The summed E-state index contributed by atoms with van der Waals surface area (Å²) in [5, 5.41) is 12.7. The number of rotatable bonds is 3. The molecule has 0 fully saturated rings. The predicted molar refractivity (Wildman–Crippen MR) is 114 cm³/mol. The van der Waals surface area contributed by atoms with Gasteiger partial charge in [-0.15, -0.1) is 0 Å². The van der Waals surface area contributed by atoms with Crippen LogP contribution >= 0.6 is 0 Å². The largest absolute Gasteiger partial charge is 0.309 e. The molecule has 28 heavy (non-hydrogen) atoms. The molecule has 140 valence electrons. The van der Waals surface area contributed by atoms with E-state index < -0.39 is 0 Å². The van der Waals surface area contributed by atoms with Gasteiger partial charge < -0.3 is 4.57 Å². The molecule has 0 unspecified atom stereocenters. The standard InChI is InChI=1S/C24H22N2O2/c1-24(2,3)19-12-6-9-15-22(19)25-20-13-7-4-10-17(20)16-23(25)18-11-5-8-14-21(18)26(27)28/h4-16H,1-3H3. The Morgan fingerprint density at radius 1 is 0.857 bits per heavy atom. The van der Waals surface area contributed by atoms with E-state index in [9.17, 15) is 10.1 Å². The van der Waals surface area contributed by atoms with Crippen molar-refractivity contribution in [3.63, 3.8) is 0 Å². The Labute approximate surface area is 164 Å². The second-order valence-electron chi connectivity index (χ2n) is 7.97. The maximum Gasteiger partial charge on any atom is 0.278 e. The van der Waals surface area contributed by atoms with Gasteiger partial charge in [0.15, 0.2) is 0 Å². The first-order chi connectivity index (χ1) is 13.4. The highest BCUT2D eigenvalue weighted by Gasteiger charge is 2.24. The van der Waals surface area contributed by atoms with Crippen molar-refractivity contribution in [3.05, 3.63) is 94.5 Å². The summed E-state index contributed by atoms with van der Waals surface area (Å²) in [6, 6.07) is 25.4. The van der Waals surface area contributed by atoms with Gasteiger partial charge in [0.25, 0.3) is 5.69 Å². The average molecular weight is 370 g/mol. The van der Waals surface area contributed by atoms with Gasteiger partial charge in [-0.1, -0.05) is 69.3 Å². The molecule has 3 aromatic carbocycles. The molecule has 0 atom stereocenters. The highest BCUT2D eigenvalue weighted by atomic mass is 16.6. The third-order valence-electron chi connectivity index (χ3n) is 5.04. The highest BCUT2D eigenvalue weighted by Crippen LogP contribution is 2.38. The van der Waals surface area contributed by atoms with Crippen molar-refractivity contribution >= 4 is 16.6 Å². The van der Waals surface area contributed by atoms with Gasteiger partial charge in [0.2, 0.25) is 0 Å². The number of hydrogen-bond acceptors (Lipinski definition) is 2. The molecule has 0 aliphatic heterocycles. The third-order valence-corrected chi connectivity index (χ3v) is 5.04. The van der Waals surface area contributed by atoms with E-state index in [0.29, 0.717) is 5.56 Å². The third kappa shape index (κ3) is 2.97. The van der Waals surface area contributed by atoms with Gasteiger partial charge in [-0.3, -0.25) is 10.1 Å². The topological polar surface area (TPSA) is 48.1 Å². The lowest BCUT2D eigenvalue weighted by Gasteiger charge is -2.25. The summed E-state index contributed by atoms with van der Waals surface area (Å²) >= 11 is 0. The summed E-state index contributed by atoms with van der Waals surface area (Å²) in [6.45, 7) is 6.55. The lowest BCUT2D eigenvalue weighted by Crippen LogP contribution is -2.15. The second kappa shape index (κ2) is 6.64. The monoisotopic (exact) mass is 370 g/mol. The van der Waals surface area contributed by atoms with E-state index in [2.05, 4.69) is 43.5 Å². The number of nitrogens with zero attached hydrogens (tertiary/aromatic N) is 2. The van der Waals surface area contributed by atoms with E-state index in [4.69, 9.17) is 0 Å². The average Bonchev–Trinajstić information content (AvgIpc) is 3.06. The fraction of sp³-hybridized carbons (Fsp3) is 0.167. The molecule has 1 aromatic heterocycles. The van der Waals surface area contributed by atoms with Crippen LogP contribution in [-0.4, -0.2) is 9.49 Å². The number of benzene rings is 3. The van der Waals surface area contributed by atoms with Crippen LogP contribution < -0.4 is 0 Å². The molecule has 0 radical (unpaired) electrons. The van der Waals surface area contributed by atoms with Gasteiger partial charge in [0.1, 0.15) is 0 Å².